The molecule has 0 spiro atoms. The number of aryl methyl sites for hydroxylation is 1. The highest BCUT2D eigenvalue weighted by molar-refractivity contribution is 5.83. The Morgan fingerprint density at radius 1 is 1.15 bits per heavy atom. The first-order chi connectivity index (χ1) is 12.4. The molecule has 0 radical (unpaired) electrons. The molecule has 1 heterocycles. The zero-order valence-corrected chi connectivity index (χ0v) is 14.9. The van der Waals surface area contributed by atoms with Crippen LogP contribution in [0.4, 0.5) is 4.39 Å². The van der Waals surface area contributed by atoms with Crippen molar-refractivity contribution in [3.63, 3.8) is 0 Å². The van der Waals surface area contributed by atoms with Gasteiger partial charge in [0.25, 0.3) is 0 Å². The first-order valence-electron chi connectivity index (χ1n) is 8.29. The fourth-order valence-electron chi connectivity index (χ4n) is 2.76. The highest BCUT2D eigenvalue weighted by Crippen LogP contribution is 2.32. The largest absolute Gasteiger partial charge is 0.507 e. The molecule has 6 heteroatoms. The van der Waals surface area contributed by atoms with Gasteiger partial charge in [-0.3, -0.25) is 4.79 Å². The topological polar surface area (TPSA) is 62.9 Å². The Hall–Kier alpha value is -2.86. The molecule has 0 fully saturated rings. The lowest BCUT2D eigenvalue weighted by Gasteiger charge is -2.15. The molecule has 1 aromatic heterocycles. The second kappa shape index (κ2) is 7.17. The van der Waals surface area contributed by atoms with E-state index in [2.05, 4.69) is 0 Å². The van der Waals surface area contributed by atoms with Crippen LogP contribution in [0.5, 0.6) is 17.2 Å². The summed E-state index contributed by atoms with van der Waals surface area (Å²) in [5.74, 6) is 0.483. The number of halogens is 1. The number of fused-ring (bicyclic) bond motifs is 1. The van der Waals surface area contributed by atoms with E-state index in [1.807, 2.05) is 25.9 Å². The van der Waals surface area contributed by atoms with Crippen LogP contribution >= 0.6 is 0 Å². The molecule has 26 heavy (non-hydrogen) atoms. The molecule has 0 saturated heterocycles. The summed E-state index contributed by atoms with van der Waals surface area (Å²) < 4.78 is 24.7. The molecule has 0 saturated carbocycles. The quantitative estimate of drug-likeness (QED) is 0.746. The predicted molar refractivity (Wildman–Crippen MR) is 97.4 cm³/mol. The molecule has 0 atom stereocenters. The van der Waals surface area contributed by atoms with Crippen molar-refractivity contribution < 1.29 is 18.7 Å². The van der Waals surface area contributed by atoms with E-state index in [4.69, 9.17) is 9.15 Å². The number of ether oxygens (including phenoxy) is 1. The third-order valence-electron chi connectivity index (χ3n) is 3.99. The maximum Gasteiger partial charge on any atom is 0.235 e. The molecule has 1 N–H and O–H groups in total. The first kappa shape index (κ1) is 17.9. The van der Waals surface area contributed by atoms with Gasteiger partial charge in [-0.2, -0.15) is 0 Å². The zero-order valence-electron chi connectivity index (χ0n) is 14.9. The van der Waals surface area contributed by atoms with E-state index in [-0.39, 0.29) is 22.7 Å². The van der Waals surface area contributed by atoms with E-state index in [1.165, 1.54) is 36.4 Å². The summed E-state index contributed by atoms with van der Waals surface area (Å²) >= 11 is 0. The average Bonchev–Trinajstić information content (AvgIpc) is 2.61. The zero-order chi connectivity index (χ0) is 18.8. The van der Waals surface area contributed by atoms with Crippen LogP contribution in [0.15, 0.2) is 45.6 Å². The van der Waals surface area contributed by atoms with Crippen molar-refractivity contribution in [2.24, 2.45) is 0 Å². The SMILES string of the molecule is CCc1oc2c(CN(C)C)c(O)ccc2c(=O)c1Oc1ccc(F)cc1. The van der Waals surface area contributed by atoms with Crippen LogP contribution in [0.3, 0.4) is 0 Å². The maximum absolute atomic E-state index is 13.1. The summed E-state index contributed by atoms with van der Waals surface area (Å²) in [6, 6.07) is 8.42. The Balaban J connectivity index is 2.19. The fourth-order valence-corrected chi connectivity index (χ4v) is 2.76. The average molecular weight is 357 g/mol. The third kappa shape index (κ3) is 3.41. The number of hydrogen-bond acceptors (Lipinski definition) is 5. The lowest BCUT2D eigenvalue weighted by atomic mass is 10.1. The minimum absolute atomic E-state index is 0.0728. The molecular formula is C20H20FNO4. The highest BCUT2D eigenvalue weighted by Gasteiger charge is 2.20. The monoisotopic (exact) mass is 357 g/mol. The summed E-state index contributed by atoms with van der Waals surface area (Å²) in [5, 5.41) is 10.5. The van der Waals surface area contributed by atoms with Crippen LogP contribution in [0.25, 0.3) is 11.0 Å². The lowest BCUT2D eigenvalue weighted by Crippen LogP contribution is -2.14. The number of hydrogen-bond donors (Lipinski definition) is 1. The smallest absolute Gasteiger partial charge is 0.235 e. The van der Waals surface area contributed by atoms with Crippen molar-refractivity contribution in [2.75, 3.05) is 14.1 Å². The van der Waals surface area contributed by atoms with Gasteiger partial charge in [0.1, 0.15) is 22.9 Å². The Labute approximate surface area is 150 Å². The summed E-state index contributed by atoms with van der Waals surface area (Å²) in [6.07, 6.45) is 0.429. The van der Waals surface area contributed by atoms with Gasteiger partial charge in [-0.25, -0.2) is 4.39 Å². The number of benzene rings is 2. The molecule has 0 amide bonds. The van der Waals surface area contributed by atoms with Gasteiger partial charge in [0.15, 0.2) is 5.76 Å². The third-order valence-corrected chi connectivity index (χ3v) is 3.99. The van der Waals surface area contributed by atoms with E-state index in [9.17, 15) is 14.3 Å². The van der Waals surface area contributed by atoms with E-state index < -0.39 is 0 Å². The van der Waals surface area contributed by atoms with Crippen LogP contribution in [0.1, 0.15) is 18.2 Å². The maximum atomic E-state index is 13.1. The molecular weight excluding hydrogens is 337 g/mol. The number of nitrogens with zero attached hydrogens (tertiary/aromatic N) is 1. The summed E-state index contributed by atoms with van der Waals surface area (Å²) in [7, 11) is 3.73. The molecule has 0 aliphatic rings. The van der Waals surface area contributed by atoms with Gasteiger partial charge in [-0.15, -0.1) is 0 Å². The van der Waals surface area contributed by atoms with E-state index >= 15 is 0 Å². The van der Waals surface area contributed by atoms with E-state index in [0.717, 1.165) is 0 Å². The lowest BCUT2D eigenvalue weighted by molar-refractivity contribution is 0.380. The van der Waals surface area contributed by atoms with Crippen molar-refractivity contribution >= 4 is 11.0 Å². The van der Waals surface area contributed by atoms with Crippen molar-refractivity contribution in [3.8, 4) is 17.2 Å². The van der Waals surface area contributed by atoms with Gasteiger partial charge in [-0.1, -0.05) is 6.92 Å². The van der Waals surface area contributed by atoms with Gasteiger partial charge in [0.2, 0.25) is 11.2 Å². The summed E-state index contributed by atoms with van der Waals surface area (Å²) in [6.45, 7) is 2.27. The Morgan fingerprint density at radius 3 is 2.46 bits per heavy atom. The number of aromatic hydroxyl groups is 1. The van der Waals surface area contributed by atoms with Crippen molar-refractivity contribution in [1.29, 1.82) is 0 Å². The van der Waals surface area contributed by atoms with Crippen LogP contribution in [0.2, 0.25) is 0 Å². The van der Waals surface area contributed by atoms with Gasteiger partial charge >= 0.3 is 0 Å². The first-order valence-corrected chi connectivity index (χ1v) is 8.29. The van der Waals surface area contributed by atoms with Crippen molar-refractivity contribution in [3.05, 3.63) is 63.8 Å². The van der Waals surface area contributed by atoms with Crippen LogP contribution in [0, 0.1) is 5.82 Å². The summed E-state index contributed by atoms with van der Waals surface area (Å²) in [5.41, 5.74) is 0.576. The van der Waals surface area contributed by atoms with Gasteiger partial charge < -0.3 is 19.2 Å². The molecule has 3 aromatic rings. The second-order valence-electron chi connectivity index (χ2n) is 6.27. The molecule has 2 aromatic carbocycles. The molecule has 0 unspecified atom stereocenters. The second-order valence-corrected chi connectivity index (χ2v) is 6.27. The Kier molecular flexibility index (Phi) is 4.95. The minimum atomic E-state index is -0.387. The Morgan fingerprint density at radius 2 is 1.85 bits per heavy atom. The van der Waals surface area contributed by atoms with Crippen LogP contribution in [-0.4, -0.2) is 24.1 Å². The standard InChI is InChI=1S/C20H20FNO4/c1-4-17-20(25-13-7-5-12(21)6-8-13)18(24)14-9-10-16(23)15(11-22(2)3)19(14)26-17/h5-10,23H,4,11H2,1-3H3. The molecule has 0 aliphatic heterocycles. The molecule has 0 bridgehead atoms. The molecule has 136 valence electrons. The van der Waals surface area contributed by atoms with Crippen LogP contribution in [-0.2, 0) is 13.0 Å². The normalized spacial score (nSPS) is 11.3. The Bertz CT molecular complexity index is 993. The highest BCUT2D eigenvalue weighted by atomic mass is 19.1. The van der Waals surface area contributed by atoms with Crippen LogP contribution < -0.4 is 10.2 Å². The molecule has 5 nitrogen and oxygen atoms in total. The van der Waals surface area contributed by atoms with Crippen molar-refractivity contribution in [1.82, 2.24) is 4.90 Å². The van der Waals surface area contributed by atoms with Crippen molar-refractivity contribution in [2.45, 2.75) is 19.9 Å². The minimum Gasteiger partial charge on any atom is -0.507 e. The van der Waals surface area contributed by atoms with E-state index in [1.54, 1.807) is 0 Å². The summed E-state index contributed by atoms with van der Waals surface area (Å²) in [4.78, 5) is 14.9. The molecule has 3 rings (SSSR count). The van der Waals surface area contributed by atoms with Gasteiger partial charge in [0, 0.05) is 13.0 Å². The number of phenolic OH excluding ortho intramolecular Hbond substituents is 1. The number of phenols is 1. The van der Waals surface area contributed by atoms with E-state index in [0.29, 0.717) is 41.0 Å². The van der Waals surface area contributed by atoms with Gasteiger partial charge in [0.05, 0.1) is 10.9 Å². The predicted octanol–water partition coefficient (Wildman–Crippen LogP) is 4.05. The fraction of sp³-hybridized carbons (Fsp3) is 0.250. The number of rotatable bonds is 5. The molecule has 0 aliphatic carbocycles. The van der Waals surface area contributed by atoms with Gasteiger partial charge in [-0.05, 0) is 50.5 Å².